The Balaban J connectivity index is 2.32. The van der Waals surface area contributed by atoms with Crippen molar-refractivity contribution in [2.24, 2.45) is 16.8 Å². The average molecular weight is 267 g/mol. The lowest BCUT2D eigenvalue weighted by atomic mass is 10.0. The van der Waals surface area contributed by atoms with Crippen molar-refractivity contribution in [3.8, 4) is 0 Å². The molecule has 5 N–H and O–H groups in total. The predicted molar refractivity (Wildman–Crippen MR) is 71.8 cm³/mol. The van der Waals surface area contributed by atoms with Gasteiger partial charge in [0.05, 0.1) is 12.1 Å². The maximum absolute atomic E-state index is 11.8. The number of amidine groups is 1. The summed E-state index contributed by atoms with van der Waals surface area (Å²) in [5.41, 5.74) is 7.66. The number of nitrogens with zero attached hydrogens (tertiary/aromatic N) is 2. The fourth-order valence-electron chi connectivity index (χ4n) is 1.84. The van der Waals surface area contributed by atoms with Crippen LogP contribution in [0.4, 0.5) is 0 Å². The Hall–Kier alpha value is -2.05. The van der Waals surface area contributed by atoms with Crippen LogP contribution in [0.1, 0.15) is 31.0 Å². The van der Waals surface area contributed by atoms with E-state index in [0.717, 1.165) is 24.1 Å². The van der Waals surface area contributed by atoms with Crippen molar-refractivity contribution in [2.75, 3.05) is 6.54 Å². The number of aromatic nitrogens is 2. The molecule has 0 radical (unpaired) electrons. The van der Waals surface area contributed by atoms with Gasteiger partial charge in [0.15, 0.2) is 5.84 Å². The van der Waals surface area contributed by atoms with Crippen LogP contribution in [0.3, 0.4) is 0 Å². The zero-order chi connectivity index (χ0) is 14.3. The Morgan fingerprint density at radius 2 is 2.42 bits per heavy atom. The van der Waals surface area contributed by atoms with Crippen molar-refractivity contribution in [1.82, 2.24) is 15.5 Å². The second-order valence-electron chi connectivity index (χ2n) is 4.40. The Kier molecular flexibility index (Phi) is 5.84. The van der Waals surface area contributed by atoms with Gasteiger partial charge in [-0.2, -0.15) is 5.10 Å². The predicted octanol–water partition coefficient (Wildman–Crippen LogP) is 0.540. The summed E-state index contributed by atoms with van der Waals surface area (Å²) in [5.74, 6) is -0.826. The minimum atomic E-state index is -0.569. The van der Waals surface area contributed by atoms with Crippen molar-refractivity contribution < 1.29 is 10.0 Å². The minimum absolute atomic E-state index is 0.0503. The molecule has 7 heteroatoms. The molecular formula is C12H21N5O2. The van der Waals surface area contributed by atoms with Crippen LogP contribution in [0, 0.1) is 12.8 Å². The first-order valence-electron chi connectivity index (χ1n) is 6.34. The maximum atomic E-state index is 11.8. The monoisotopic (exact) mass is 267 g/mol. The SMILES string of the molecule is CCC(C(=O)NCCCc1cn[nH]c1C)C(N)=NO. The summed E-state index contributed by atoms with van der Waals surface area (Å²) in [4.78, 5) is 11.8. The first kappa shape index (κ1) is 15.0. The smallest absolute Gasteiger partial charge is 0.230 e. The second-order valence-corrected chi connectivity index (χ2v) is 4.40. The average Bonchev–Trinajstić information content (AvgIpc) is 2.81. The fourth-order valence-corrected chi connectivity index (χ4v) is 1.84. The maximum Gasteiger partial charge on any atom is 0.230 e. The molecule has 0 saturated heterocycles. The number of nitrogens with two attached hydrogens (primary N) is 1. The Morgan fingerprint density at radius 1 is 1.68 bits per heavy atom. The van der Waals surface area contributed by atoms with E-state index >= 15 is 0 Å². The fraction of sp³-hybridized carbons (Fsp3) is 0.583. The van der Waals surface area contributed by atoms with Crippen molar-refractivity contribution >= 4 is 11.7 Å². The molecule has 1 aromatic rings. The molecule has 7 nitrogen and oxygen atoms in total. The highest BCUT2D eigenvalue weighted by Crippen LogP contribution is 2.06. The number of carbonyl (C=O) groups excluding carboxylic acids is 1. The van der Waals surface area contributed by atoms with E-state index in [1.54, 1.807) is 6.20 Å². The summed E-state index contributed by atoms with van der Waals surface area (Å²) in [6, 6.07) is 0. The standard InChI is InChI=1S/C12H21N5O2/c1-3-10(11(13)17-19)12(18)14-6-4-5-9-7-15-16-8(9)2/h7,10,19H,3-6H2,1-2H3,(H2,13,17)(H,14,18)(H,15,16). The van der Waals surface area contributed by atoms with Gasteiger partial charge in [-0.3, -0.25) is 9.89 Å². The van der Waals surface area contributed by atoms with Gasteiger partial charge in [-0.1, -0.05) is 12.1 Å². The molecule has 1 rings (SSSR count). The highest BCUT2D eigenvalue weighted by atomic mass is 16.4. The van der Waals surface area contributed by atoms with Crippen LogP contribution in [0.15, 0.2) is 11.4 Å². The molecule has 1 aromatic heterocycles. The number of aryl methyl sites for hydroxylation is 2. The topological polar surface area (TPSA) is 116 Å². The van der Waals surface area contributed by atoms with Crippen LogP contribution < -0.4 is 11.1 Å². The Morgan fingerprint density at radius 3 is 2.95 bits per heavy atom. The van der Waals surface area contributed by atoms with E-state index < -0.39 is 5.92 Å². The first-order chi connectivity index (χ1) is 9.10. The molecule has 19 heavy (non-hydrogen) atoms. The summed E-state index contributed by atoms with van der Waals surface area (Å²) in [7, 11) is 0. The quantitative estimate of drug-likeness (QED) is 0.190. The van der Waals surface area contributed by atoms with Gasteiger partial charge in [-0.05, 0) is 31.7 Å². The lowest BCUT2D eigenvalue weighted by Gasteiger charge is -2.13. The molecule has 106 valence electrons. The first-order valence-corrected chi connectivity index (χ1v) is 6.34. The van der Waals surface area contributed by atoms with E-state index in [1.807, 2.05) is 13.8 Å². The zero-order valence-corrected chi connectivity index (χ0v) is 11.3. The van der Waals surface area contributed by atoms with Crippen LogP contribution in [0.5, 0.6) is 0 Å². The van der Waals surface area contributed by atoms with Gasteiger partial charge in [0, 0.05) is 12.2 Å². The van der Waals surface area contributed by atoms with Crippen LogP contribution in [-0.4, -0.2) is 33.7 Å². The number of rotatable bonds is 7. The molecule has 0 saturated carbocycles. The normalized spacial score (nSPS) is 13.3. The molecule has 1 atom stereocenters. The Labute approximate surface area is 112 Å². The van der Waals surface area contributed by atoms with Gasteiger partial charge in [0.25, 0.3) is 0 Å². The third-order valence-electron chi connectivity index (χ3n) is 3.05. The number of nitrogens with one attached hydrogen (secondary N) is 2. The van der Waals surface area contributed by atoms with Gasteiger partial charge in [0.1, 0.15) is 0 Å². The van der Waals surface area contributed by atoms with Crippen LogP contribution in [0.2, 0.25) is 0 Å². The summed E-state index contributed by atoms with van der Waals surface area (Å²) >= 11 is 0. The third kappa shape index (κ3) is 4.27. The molecule has 0 aliphatic carbocycles. The van der Waals surface area contributed by atoms with Gasteiger partial charge >= 0.3 is 0 Å². The molecule has 1 unspecified atom stereocenters. The van der Waals surface area contributed by atoms with Crippen LogP contribution in [-0.2, 0) is 11.2 Å². The van der Waals surface area contributed by atoms with Crippen molar-refractivity contribution in [3.05, 3.63) is 17.5 Å². The molecule has 0 bridgehead atoms. The summed E-state index contributed by atoms with van der Waals surface area (Å²) in [6.07, 6.45) is 3.96. The number of H-pyrrole nitrogens is 1. The third-order valence-corrected chi connectivity index (χ3v) is 3.05. The number of carbonyl (C=O) groups is 1. The van der Waals surface area contributed by atoms with E-state index in [9.17, 15) is 4.79 Å². The molecule has 0 fully saturated rings. The molecular weight excluding hydrogens is 246 g/mol. The van der Waals surface area contributed by atoms with Gasteiger partial charge in [-0.15, -0.1) is 0 Å². The minimum Gasteiger partial charge on any atom is -0.409 e. The summed E-state index contributed by atoms with van der Waals surface area (Å²) in [6.45, 7) is 4.34. The summed E-state index contributed by atoms with van der Waals surface area (Å²) < 4.78 is 0. The molecule has 1 amide bonds. The number of hydrogen-bond donors (Lipinski definition) is 4. The van der Waals surface area contributed by atoms with Crippen LogP contribution in [0.25, 0.3) is 0 Å². The van der Waals surface area contributed by atoms with E-state index in [1.165, 1.54) is 0 Å². The van der Waals surface area contributed by atoms with E-state index in [0.29, 0.717) is 13.0 Å². The Bertz CT molecular complexity index is 441. The van der Waals surface area contributed by atoms with Gasteiger partial charge in [-0.25, -0.2) is 0 Å². The van der Waals surface area contributed by atoms with E-state index in [-0.39, 0.29) is 11.7 Å². The molecule has 0 spiro atoms. The zero-order valence-electron chi connectivity index (χ0n) is 11.3. The van der Waals surface area contributed by atoms with Gasteiger partial charge < -0.3 is 16.3 Å². The number of aromatic amines is 1. The number of oxime groups is 1. The molecule has 0 aliphatic rings. The molecule has 0 aromatic carbocycles. The number of hydrogen-bond acceptors (Lipinski definition) is 4. The lowest BCUT2D eigenvalue weighted by molar-refractivity contribution is -0.123. The number of amides is 1. The highest BCUT2D eigenvalue weighted by molar-refractivity contribution is 6.01. The largest absolute Gasteiger partial charge is 0.409 e. The second kappa shape index (κ2) is 7.40. The van der Waals surface area contributed by atoms with Crippen LogP contribution >= 0.6 is 0 Å². The van der Waals surface area contributed by atoms with E-state index in [2.05, 4.69) is 20.7 Å². The summed E-state index contributed by atoms with van der Waals surface area (Å²) in [5, 5.41) is 21.1. The van der Waals surface area contributed by atoms with Crippen molar-refractivity contribution in [1.29, 1.82) is 0 Å². The highest BCUT2D eigenvalue weighted by Gasteiger charge is 2.20. The van der Waals surface area contributed by atoms with E-state index in [4.69, 9.17) is 10.9 Å². The van der Waals surface area contributed by atoms with Crippen molar-refractivity contribution in [2.45, 2.75) is 33.1 Å². The van der Waals surface area contributed by atoms with Gasteiger partial charge in [0.2, 0.25) is 5.91 Å². The molecule has 1 heterocycles. The van der Waals surface area contributed by atoms with Crippen molar-refractivity contribution in [3.63, 3.8) is 0 Å². The lowest BCUT2D eigenvalue weighted by Crippen LogP contribution is -2.39. The molecule has 0 aliphatic heterocycles.